The molecular weight excluding hydrogens is 346 g/mol. The lowest BCUT2D eigenvalue weighted by atomic mass is 9.89. The highest BCUT2D eigenvalue weighted by molar-refractivity contribution is 7.05. The van der Waals surface area contributed by atoms with Crippen LogP contribution in [0.25, 0.3) is 22.3 Å². The third kappa shape index (κ3) is 3.26. The van der Waals surface area contributed by atoms with Crippen molar-refractivity contribution < 1.29 is 9.53 Å². The summed E-state index contributed by atoms with van der Waals surface area (Å²) in [6.07, 6.45) is 9.97. The molecule has 5 nitrogen and oxygen atoms in total. The van der Waals surface area contributed by atoms with Crippen molar-refractivity contribution in [3.63, 3.8) is 0 Å². The van der Waals surface area contributed by atoms with Gasteiger partial charge >= 0.3 is 0 Å². The maximum Gasteiger partial charge on any atom is 0.175 e. The molecule has 0 bridgehead atoms. The highest BCUT2D eigenvalue weighted by Gasteiger charge is 2.20. The molecule has 0 unspecified atom stereocenters. The zero-order chi connectivity index (χ0) is 17.9. The number of rotatable bonds is 6. The Hall–Kier alpha value is -2.21. The van der Waals surface area contributed by atoms with Gasteiger partial charge in [-0.3, -0.25) is 0 Å². The molecular formula is C20H23N3O2S. The number of aromatic nitrogens is 3. The molecule has 0 radical (unpaired) electrons. The Labute approximate surface area is 157 Å². The van der Waals surface area contributed by atoms with E-state index < -0.39 is 0 Å². The van der Waals surface area contributed by atoms with Crippen LogP contribution in [0, 0.1) is 5.92 Å². The van der Waals surface area contributed by atoms with E-state index >= 15 is 0 Å². The van der Waals surface area contributed by atoms with Gasteiger partial charge in [-0.05, 0) is 36.4 Å². The molecule has 0 aliphatic heterocycles. The number of hydrogen-bond acceptors (Lipinski definition) is 5. The van der Waals surface area contributed by atoms with Crippen LogP contribution in [0.3, 0.4) is 0 Å². The zero-order valence-corrected chi connectivity index (χ0v) is 15.8. The molecule has 136 valence electrons. The molecule has 3 aromatic rings. The summed E-state index contributed by atoms with van der Waals surface area (Å²) >= 11 is 1.30. The van der Waals surface area contributed by atoms with Gasteiger partial charge in [-0.2, -0.15) is 4.37 Å². The van der Waals surface area contributed by atoms with Crippen LogP contribution in [-0.4, -0.2) is 27.3 Å². The summed E-state index contributed by atoms with van der Waals surface area (Å²) < 4.78 is 12.5. The first kappa shape index (κ1) is 17.2. The third-order valence-electron chi connectivity index (χ3n) is 5.23. The van der Waals surface area contributed by atoms with Gasteiger partial charge in [0.15, 0.2) is 5.82 Å². The van der Waals surface area contributed by atoms with Crippen molar-refractivity contribution in [1.82, 2.24) is 13.9 Å². The average Bonchev–Trinajstić information content (AvgIpc) is 3.28. The number of carbonyl (C=O) groups is 1. The fourth-order valence-electron chi connectivity index (χ4n) is 3.98. The Bertz CT molecular complexity index is 909. The Kier molecular flexibility index (Phi) is 5.02. The number of carbonyl (C=O) groups excluding carboxylic acids is 1. The molecule has 0 saturated heterocycles. The van der Waals surface area contributed by atoms with Crippen molar-refractivity contribution >= 4 is 28.7 Å². The molecule has 1 aliphatic carbocycles. The Morgan fingerprint density at radius 2 is 2.15 bits per heavy atom. The number of fused-ring (bicyclic) bond motifs is 1. The first-order chi connectivity index (χ1) is 12.8. The van der Waals surface area contributed by atoms with Gasteiger partial charge in [0.25, 0.3) is 0 Å². The van der Waals surface area contributed by atoms with Crippen molar-refractivity contribution in [2.45, 2.75) is 45.1 Å². The molecule has 0 N–H and O–H groups in total. The first-order valence-electron chi connectivity index (χ1n) is 9.22. The number of benzene rings is 1. The molecule has 1 aromatic carbocycles. The molecule has 0 amide bonds. The molecule has 4 rings (SSSR count). The third-order valence-corrected chi connectivity index (χ3v) is 5.96. The van der Waals surface area contributed by atoms with Crippen LogP contribution in [0.4, 0.5) is 0 Å². The van der Waals surface area contributed by atoms with Crippen LogP contribution in [0.5, 0.6) is 5.75 Å². The van der Waals surface area contributed by atoms with Crippen LogP contribution in [-0.2, 0) is 17.8 Å². The Morgan fingerprint density at radius 3 is 2.92 bits per heavy atom. The van der Waals surface area contributed by atoms with E-state index in [0.717, 1.165) is 40.1 Å². The van der Waals surface area contributed by atoms with Gasteiger partial charge in [0.05, 0.1) is 19.0 Å². The van der Waals surface area contributed by atoms with Crippen LogP contribution in [0.15, 0.2) is 24.4 Å². The van der Waals surface area contributed by atoms with Crippen molar-refractivity contribution in [3.8, 4) is 17.1 Å². The number of hydrogen-bond donors (Lipinski definition) is 0. The zero-order valence-electron chi connectivity index (χ0n) is 15.0. The summed E-state index contributed by atoms with van der Waals surface area (Å²) in [4.78, 5) is 15.3. The lowest BCUT2D eigenvalue weighted by molar-refractivity contribution is -0.107. The molecule has 1 aliphatic rings. The summed E-state index contributed by atoms with van der Waals surface area (Å²) in [5, 5.41) is 1.86. The van der Waals surface area contributed by atoms with Crippen LogP contribution >= 0.6 is 11.5 Å². The smallest absolute Gasteiger partial charge is 0.175 e. The topological polar surface area (TPSA) is 57.0 Å². The van der Waals surface area contributed by atoms with Gasteiger partial charge in [-0.1, -0.05) is 31.4 Å². The molecule has 6 heteroatoms. The van der Waals surface area contributed by atoms with Crippen molar-refractivity contribution in [2.75, 3.05) is 7.11 Å². The minimum absolute atomic E-state index is 0.321. The summed E-state index contributed by atoms with van der Waals surface area (Å²) in [5.41, 5.74) is 2.13. The molecule has 1 saturated carbocycles. The predicted octanol–water partition coefficient (Wildman–Crippen LogP) is 4.49. The standard InChI is InChI=1S/C20H23N3O2S/c1-25-17-9-5-8-15-16(20-21-18(10-11-24)26-22-20)13-23(19(15)17)12-14-6-3-2-4-7-14/h5,8-9,11,13-14H,2-4,6-7,10,12H2,1H3. The second-order valence-electron chi connectivity index (χ2n) is 6.94. The van der Waals surface area contributed by atoms with E-state index in [1.165, 1.54) is 43.6 Å². The van der Waals surface area contributed by atoms with Gasteiger partial charge in [-0.15, -0.1) is 0 Å². The minimum Gasteiger partial charge on any atom is -0.495 e. The van der Waals surface area contributed by atoms with E-state index in [0.29, 0.717) is 18.2 Å². The van der Waals surface area contributed by atoms with Crippen molar-refractivity contribution in [1.29, 1.82) is 0 Å². The largest absolute Gasteiger partial charge is 0.495 e. The van der Waals surface area contributed by atoms with E-state index in [1.54, 1.807) is 7.11 Å². The SMILES string of the molecule is COc1cccc2c(-c3nsc(CC=O)n3)cn(CC3CCCCC3)c12. The van der Waals surface area contributed by atoms with Crippen LogP contribution < -0.4 is 4.74 Å². The molecule has 2 heterocycles. The van der Waals surface area contributed by atoms with Gasteiger partial charge in [-0.25, -0.2) is 4.98 Å². The van der Waals surface area contributed by atoms with E-state index in [-0.39, 0.29) is 0 Å². The molecule has 0 spiro atoms. The summed E-state index contributed by atoms with van der Waals surface area (Å²) in [7, 11) is 1.72. The lowest BCUT2D eigenvalue weighted by Crippen LogP contribution is -2.13. The highest BCUT2D eigenvalue weighted by Crippen LogP contribution is 2.36. The summed E-state index contributed by atoms with van der Waals surface area (Å²) in [5.74, 6) is 2.30. The predicted molar refractivity (Wildman–Crippen MR) is 104 cm³/mol. The minimum atomic E-state index is 0.321. The van der Waals surface area contributed by atoms with Gasteiger partial charge in [0, 0.05) is 23.7 Å². The quantitative estimate of drug-likeness (QED) is 0.601. The van der Waals surface area contributed by atoms with Gasteiger partial charge in [0.1, 0.15) is 17.0 Å². The van der Waals surface area contributed by atoms with Crippen molar-refractivity contribution in [3.05, 3.63) is 29.4 Å². The Morgan fingerprint density at radius 1 is 1.31 bits per heavy atom. The monoisotopic (exact) mass is 369 g/mol. The van der Waals surface area contributed by atoms with E-state index in [4.69, 9.17) is 4.74 Å². The average molecular weight is 369 g/mol. The molecule has 0 atom stereocenters. The maximum atomic E-state index is 10.8. The number of nitrogens with zero attached hydrogens (tertiary/aromatic N) is 3. The fraction of sp³-hybridized carbons (Fsp3) is 0.450. The van der Waals surface area contributed by atoms with Gasteiger partial charge in [0.2, 0.25) is 0 Å². The highest BCUT2D eigenvalue weighted by atomic mass is 32.1. The van der Waals surface area contributed by atoms with E-state index in [1.807, 2.05) is 12.1 Å². The lowest BCUT2D eigenvalue weighted by Gasteiger charge is -2.22. The van der Waals surface area contributed by atoms with Crippen molar-refractivity contribution in [2.24, 2.45) is 5.92 Å². The fourth-order valence-corrected chi connectivity index (χ4v) is 4.58. The van der Waals surface area contributed by atoms with Gasteiger partial charge < -0.3 is 14.1 Å². The number of aldehydes is 1. The maximum absolute atomic E-state index is 10.8. The number of ether oxygens (including phenoxy) is 1. The number of methoxy groups -OCH3 is 1. The molecule has 1 fully saturated rings. The Balaban J connectivity index is 1.78. The molecule has 2 aromatic heterocycles. The second-order valence-corrected chi connectivity index (χ2v) is 7.77. The summed E-state index contributed by atoms with van der Waals surface area (Å²) in [6, 6.07) is 6.12. The van der Waals surface area contributed by atoms with E-state index in [2.05, 4.69) is 26.2 Å². The second kappa shape index (κ2) is 7.58. The van der Waals surface area contributed by atoms with Crippen LogP contribution in [0.1, 0.15) is 37.1 Å². The summed E-state index contributed by atoms with van der Waals surface area (Å²) in [6.45, 7) is 1.00. The van der Waals surface area contributed by atoms with E-state index in [9.17, 15) is 4.79 Å². The normalized spacial score (nSPS) is 15.4. The molecule has 26 heavy (non-hydrogen) atoms. The van der Waals surface area contributed by atoms with Crippen LogP contribution in [0.2, 0.25) is 0 Å². The first-order valence-corrected chi connectivity index (χ1v) is 10.00. The number of para-hydroxylation sites is 1.